The molecule has 1 aromatic heterocycles. The van der Waals surface area contributed by atoms with Gasteiger partial charge in [0.25, 0.3) is 0 Å². The number of alkyl halides is 3. The summed E-state index contributed by atoms with van der Waals surface area (Å²) in [4.78, 5) is 6.41. The van der Waals surface area contributed by atoms with Crippen LogP contribution in [-0.4, -0.2) is 28.9 Å². The van der Waals surface area contributed by atoms with Crippen molar-refractivity contribution in [3.8, 4) is 5.75 Å². The average Bonchev–Trinajstić information content (AvgIpc) is 3.32. The smallest absolute Gasteiger partial charge is 0.416 e. The SMILES string of the molecule is CCOc1ccc(C(F)(F)F)cc1C(=S)N=c1sc(C(C)(C)C)cn1C[C@H]1CCCO1. The van der Waals surface area contributed by atoms with E-state index in [9.17, 15) is 13.2 Å². The maximum absolute atomic E-state index is 13.3. The summed E-state index contributed by atoms with van der Waals surface area (Å²) in [6.07, 6.45) is -0.336. The summed E-state index contributed by atoms with van der Waals surface area (Å²) in [6.45, 7) is 9.79. The average molecular weight is 473 g/mol. The van der Waals surface area contributed by atoms with Crippen molar-refractivity contribution in [1.29, 1.82) is 0 Å². The van der Waals surface area contributed by atoms with Gasteiger partial charge in [0.2, 0.25) is 0 Å². The quantitative estimate of drug-likeness (QED) is 0.522. The van der Waals surface area contributed by atoms with Gasteiger partial charge in [0.1, 0.15) is 10.7 Å². The fourth-order valence-electron chi connectivity index (χ4n) is 3.25. The molecule has 0 amide bonds. The number of ether oxygens (including phenoxy) is 2. The summed E-state index contributed by atoms with van der Waals surface area (Å²) in [5.74, 6) is 0.294. The molecule has 1 aliphatic rings. The lowest BCUT2D eigenvalue weighted by molar-refractivity contribution is -0.137. The van der Waals surface area contributed by atoms with Gasteiger partial charge < -0.3 is 14.0 Å². The van der Waals surface area contributed by atoms with E-state index in [1.165, 1.54) is 17.4 Å². The monoisotopic (exact) mass is 472 g/mol. The molecule has 1 aliphatic heterocycles. The van der Waals surface area contributed by atoms with Crippen LogP contribution in [-0.2, 0) is 22.9 Å². The van der Waals surface area contributed by atoms with Crippen LogP contribution in [0.2, 0.25) is 0 Å². The number of thiazole rings is 1. The molecule has 170 valence electrons. The lowest BCUT2D eigenvalue weighted by Gasteiger charge is -2.15. The van der Waals surface area contributed by atoms with Crippen molar-refractivity contribution >= 4 is 28.5 Å². The molecule has 0 radical (unpaired) electrons. The van der Waals surface area contributed by atoms with E-state index in [0.29, 0.717) is 23.7 Å². The summed E-state index contributed by atoms with van der Waals surface area (Å²) in [6, 6.07) is 3.32. The number of benzene rings is 1. The Morgan fingerprint density at radius 2 is 2.06 bits per heavy atom. The van der Waals surface area contributed by atoms with Crippen LogP contribution in [0.15, 0.2) is 29.4 Å². The van der Waals surface area contributed by atoms with E-state index < -0.39 is 11.7 Å². The van der Waals surface area contributed by atoms with Crippen LogP contribution < -0.4 is 9.54 Å². The highest BCUT2D eigenvalue weighted by atomic mass is 32.1. The van der Waals surface area contributed by atoms with Crippen LogP contribution in [0.5, 0.6) is 5.75 Å². The number of nitrogens with zero attached hydrogens (tertiary/aromatic N) is 2. The first-order chi connectivity index (χ1) is 14.5. The second kappa shape index (κ2) is 9.42. The lowest BCUT2D eigenvalue weighted by atomic mass is 9.95. The molecule has 2 aromatic rings. The molecule has 1 saturated heterocycles. The fraction of sp³-hybridized carbons (Fsp3) is 0.545. The van der Waals surface area contributed by atoms with Crippen molar-refractivity contribution in [1.82, 2.24) is 4.57 Å². The maximum atomic E-state index is 13.3. The van der Waals surface area contributed by atoms with Gasteiger partial charge in [0.15, 0.2) is 4.80 Å². The molecule has 1 fully saturated rings. The Morgan fingerprint density at radius 1 is 1.32 bits per heavy atom. The summed E-state index contributed by atoms with van der Waals surface area (Å²) >= 11 is 6.97. The minimum Gasteiger partial charge on any atom is -0.493 e. The van der Waals surface area contributed by atoms with E-state index in [4.69, 9.17) is 21.7 Å². The van der Waals surface area contributed by atoms with Crippen molar-refractivity contribution in [3.05, 3.63) is 45.2 Å². The normalized spacial score (nSPS) is 17.9. The largest absolute Gasteiger partial charge is 0.493 e. The molecule has 3 rings (SSSR count). The minimum absolute atomic E-state index is 0.0675. The van der Waals surface area contributed by atoms with E-state index >= 15 is 0 Å². The Morgan fingerprint density at radius 3 is 2.65 bits per heavy atom. The third-order valence-electron chi connectivity index (χ3n) is 4.92. The lowest BCUT2D eigenvalue weighted by Crippen LogP contribution is -2.23. The summed E-state index contributed by atoms with van der Waals surface area (Å²) in [7, 11) is 0. The van der Waals surface area contributed by atoms with E-state index in [0.717, 1.165) is 36.5 Å². The van der Waals surface area contributed by atoms with Crippen molar-refractivity contribution in [2.75, 3.05) is 13.2 Å². The first-order valence-electron chi connectivity index (χ1n) is 10.2. The van der Waals surface area contributed by atoms with Gasteiger partial charge in [-0.2, -0.15) is 13.2 Å². The van der Waals surface area contributed by atoms with E-state index in [1.807, 2.05) is 10.8 Å². The van der Waals surface area contributed by atoms with Crippen LogP contribution in [0, 0.1) is 0 Å². The number of halogens is 3. The second-order valence-corrected chi connectivity index (χ2v) is 9.87. The van der Waals surface area contributed by atoms with Crippen LogP contribution in [0.3, 0.4) is 0 Å². The molecule has 0 saturated carbocycles. The van der Waals surface area contributed by atoms with E-state index in [2.05, 4.69) is 25.8 Å². The van der Waals surface area contributed by atoms with Crippen molar-refractivity contribution < 1.29 is 22.6 Å². The topological polar surface area (TPSA) is 35.8 Å². The van der Waals surface area contributed by atoms with Gasteiger partial charge >= 0.3 is 6.18 Å². The van der Waals surface area contributed by atoms with Gasteiger partial charge in [-0.1, -0.05) is 33.0 Å². The zero-order valence-corrected chi connectivity index (χ0v) is 19.7. The van der Waals surface area contributed by atoms with E-state index in [1.54, 1.807) is 6.92 Å². The fourth-order valence-corrected chi connectivity index (χ4v) is 4.62. The van der Waals surface area contributed by atoms with Crippen LogP contribution in [0.4, 0.5) is 13.2 Å². The molecule has 0 unspecified atom stereocenters. The third kappa shape index (κ3) is 5.96. The number of thiocarbonyl (C=S) groups is 1. The second-order valence-electron chi connectivity index (χ2n) is 8.47. The van der Waals surface area contributed by atoms with Gasteiger partial charge in [-0.25, -0.2) is 4.99 Å². The highest BCUT2D eigenvalue weighted by Gasteiger charge is 2.31. The summed E-state index contributed by atoms with van der Waals surface area (Å²) in [5, 5.41) is 0. The standard InChI is InChI=1S/C22H27F3N2O2S2/c1-5-28-17-9-8-14(22(23,24)25)11-16(17)19(30)26-20-27(12-15-7-6-10-29-15)13-18(31-20)21(2,3)4/h8-9,11,13,15H,5-7,10,12H2,1-4H3/t15-/m1/s1. The molecule has 1 atom stereocenters. The molecular formula is C22H27F3N2O2S2. The number of hydrogen-bond donors (Lipinski definition) is 0. The zero-order valence-electron chi connectivity index (χ0n) is 18.1. The molecule has 0 aliphatic carbocycles. The molecule has 0 N–H and O–H groups in total. The van der Waals surface area contributed by atoms with Gasteiger partial charge in [-0.15, -0.1) is 11.3 Å². The molecule has 1 aromatic carbocycles. The maximum Gasteiger partial charge on any atom is 0.416 e. The Balaban J connectivity index is 2.05. The predicted molar refractivity (Wildman–Crippen MR) is 120 cm³/mol. The molecular weight excluding hydrogens is 445 g/mol. The zero-order chi connectivity index (χ0) is 22.8. The van der Waals surface area contributed by atoms with Crippen LogP contribution >= 0.6 is 23.6 Å². The van der Waals surface area contributed by atoms with E-state index in [-0.39, 0.29) is 22.1 Å². The molecule has 0 bridgehead atoms. The number of hydrogen-bond acceptors (Lipinski definition) is 4. The third-order valence-corrected chi connectivity index (χ3v) is 6.68. The summed E-state index contributed by atoms with van der Waals surface area (Å²) in [5.41, 5.74) is -0.705. The predicted octanol–water partition coefficient (Wildman–Crippen LogP) is 5.72. The molecule has 0 spiro atoms. The first-order valence-corrected chi connectivity index (χ1v) is 11.5. The Kier molecular flexibility index (Phi) is 7.28. The van der Waals surface area contributed by atoms with Gasteiger partial charge in [0, 0.05) is 17.7 Å². The van der Waals surface area contributed by atoms with Gasteiger partial charge in [-0.05, 0) is 43.4 Å². The number of rotatable bonds is 5. The minimum atomic E-state index is -4.48. The molecule has 2 heterocycles. The molecule has 9 heteroatoms. The highest BCUT2D eigenvalue weighted by Crippen LogP contribution is 2.33. The summed E-state index contributed by atoms with van der Waals surface area (Å²) < 4.78 is 53.1. The van der Waals surface area contributed by atoms with Gasteiger partial charge in [-0.3, -0.25) is 0 Å². The van der Waals surface area contributed by atoms with Crippen LogP contribution in [0.25, 0.3) is 0 Å². The van der Waals surface area contributed by atoms with Crippen molar-refractivity contribution in [2.45, 2.75) is 64.8 Å². The highest BCUT2D eigenvalue weighted by molar-refractivity contribution is 7.80. The Labute approximate surface area is 189 Å². The first kappa shape index (κ1) is 23.9. The Hall–Kier alpha value is -1.71. The Bertz CT molecular complexity index is 997. The van der Waals surface area contributed by atoms with Gasteiger partial charge in [0.05, 0.1) is 30.4 Å². The van der Waals surface area contributed by atoms with Crippen LogP contribution in [0.1, 0.15) is 56.5 Å². The number of aromatic nitrogens is 1. The van der Waals surface area contributed by atoms with Crippen molar-refractivity contribution in [3.63, 3.8) is 0 Å². The molecule has 31 heavy (non-hydrogen) atoms. The molecule has 4 nitrogen and oxygen atoms in total. The van der Waals surface area contributed by atoms with Crippen molar-refractivity contribution in [2.24, 2.45) is 4.99 Å².